The molecule has 1 aliphatic rings. The van der Waals surface area contributed by atoms with Crippen molar-refractivity contribution < 1.29 is 28.8 Å². The number of barbiturate groups is 1. The van der Waals surface area contributed by atoms with E-state index in [1.165, 1.54) is 25.3 Å². The number of aryl methyl sites for hydroxylation is 2. The van der Waals surface area contributed by atoms with Gasteiger partial charge in [0.05, 0.1) is 17.7 Å². The van der Waals surface area contributed by atoms with Crippen molar-refractivity contribution in [3.05, 3.63) is 98.6 Å². The van der Waals surface area contributed by atoms with Gasteiger partial charge in [-0.3, -0.25) is 25.0 Å². The Morgan fingerprint density at radius 2 is 1.73 bits per heavy atom. The van der Waals surface area contributed by atoms with E-state index in [-0.39, 0.29) is 17.9 Å². The molecule has 1 N–H and O–H groups in total. The lowest BCUT2D eigenvalue weighted by Crippen LogP contribution is -2.54. The van der Waals surface area contributed by atoms with Gasteiger partial charge in [0.1, 0.15) is 23.7 Å². The Labute approximate surface area is 212 Å². The lowest BCUT2D eigenvalue weighted by Gasteiger charge is -2.28. The van der Waals surface area contributed by atoms with Crippen molar-refractivity contribution in [1.82, 2.24) is 5.32 Å². The van der Waals surface area contributed by atoms with Gasteiger partial charge in [0.2, 0.25) is 0 Å². The van der Waals surface area contributed by atoms with Crippen LogP contribution in [0.25, 0.3) is 6.08 Å². The third kappa shape index (κ3) is 5.32. The van der Waals surface area contributed by atoms with Gasteiger partial charge >= 0.3 is 6.03 Å². The average Bonchev–Trinajstić information content (AvgIpc) is 2.87. The zero-order valence-electron chi connectivity index (χ0n) is 20.3. The molecule has 1 heterocycles. The number of hydrogen-bond acceptors (Lipinski definition) is 7. The van der Waals surface area contributed by atoms with Gasteiger partial charge in [-0.25, -0.2) is 9.69 Å². The molecular formula is C27H23N3O7. The highest BCUT2D eigenvalue weighted by Gasteiger charge is 2.37. The normalized spacial score (nSPS) is 14.5. The highest BCUT2D eigenvalue weighted by Crippen LogP contribution is 2.30. The molecule has 0 unspecified atom stereocenters. The molecule has 0 aromatic heterocycles. The number of nitro groups is 1. The standard InChI is InChI=1S/C27H23N3O7/c1-16-4-5-17(2)23(12-16)29-26(32)22(25(31)28-27(29)33)13-19-8-11-21(36-3)14-24(19)37-15-18-6-9-20(10-7-18)30(34)35/h4-14H,15H2,1-3H3,(H,28,31,33)/b22-13+. The Bertz CT molecular complexity index is 1440. The van der Waals surface area contributed by atoms with Crippen LogP contribution in [0.4, 0.5) is 16.2 Å². The molecule has 1 aliphatic heterocycles. The van der Waals surface area contributed by atoms with Gasteiger partial charge in [0, 0.05) is 23.8 Å². The van der Waals surface area contributed by atoms with Crippen molar-refractivity contribution in [2.75, 3.05) is 12.0 Å². The smallest absolute Gasteiger partial charge is 0.335 e. The minimum atomic E-state index is -0.828. The molecule has 4 rings (SSSR count). The molecule has 0 saturated carbocycles. The van der Waals surface area contributed by atoms with E-state index in [1.54, 1.807) is 49.4 Å². The van der Waals surface area contributed by atoms with Gasteiger partial charge in [-0.05, 0) is 66.9 Å². The third-order valence-electron chi connectivity index (χ3n) is 5.77. The lowest BCUT2D eigenvalue weighted by atomic mass is 10.0. The molecule has 0 radical (unpaired) electrons. The summed E-state index contributed by atoms with van der Waals surface area (Å²) in [6, 6.07) is 15.3. The topological polar surface area (TPSA) is 128 Å². The monoisotopic (exact) mass is 501 g/mol. The van der Waals surface area contributed by atoms with Crippen LogP contribution in [0.3, 0.4) is 0 Å². The fourth-order valence-corrected chi connectivity index (χ4v) is 3.75. The van der Waals surface area contributed by atoms with Crippen molar-refractivity contribution in [3.8, 4) is 11.5 Å². The zero-order chi connectivity index (χ0) is 26.7. The van der Waals surface area contributed by atoms with Crippen LogP contribution in [0.1, 0.15) is 22.3 Å². The zero-order valence-corrected chi connectivity index (χ0v) is 20.3. The van der Waals surface area contributed by atoms with Crippen LogP contribution in [0.2, 0.25) is 0 Å². The van der Waals surface area contributed by atoms with E-state index in [2.05, 4.69) is 5.32 Å². The number of nitro benzene ring substituents is 1. The number of non-ortho nitro benzene ring substituents is 1. The summed E-state index contributed by atoms with van der Waals surface area (Å²) >= 11 is 0. The lowest BCUT2D eigenvalue weighted by molar-refractivity contribution is -0.384. The third-order valence-corrected chi connectivity index (χ3v) is 5.77. The number of carbonyl (C=O) groups excluding carboxylic acids is 3. The van der Waals surface area contributed by atoms with Crippen LogP contribution in [-0.2, 0) is 16.2 Å². The summed E-state index contributed by atoms with van der Waals surface area (Å²) in [5, 5.41) is 13.1. The molecule has 0 bridgehead atoms. The minimum absolute atomic E-state index is 0.0414. The first-order valence-corrected chi connectivity index (χ1v) is 11.2. The minimum Gasteiger partial charge on any atom is -0.497 e. The number of ether oxygens (including phenoxy) is 2. The maximum Gasteiger partial charge on any atom is 0.335 e. The van der Waals surface area contributed by atoms with Gasteiger partial charge in [-0.1, -0.05) is 12.1 Å². The maximum atomic E-state index is 13.4. The van der Waals surface area contributed by atoms with E-state index < -0.39 is 22.8 Å². The van der Waals surface area contributed by atoms with E-state index in [9.17, 15) is 24.5 Å². The average molecular weight is 501 g/mol. The molecule has 1 saturated heterocycles. The van der Waals surface area contributed by atoms with E-state index in [0.29, 0.717) is 33.9 Å². The Kier molecular flexibility index (Phi) is 7.01. The van der Waals surface area contributed by atoms with E-state index in [4.69, 9.17) is 9.47 Å². The van der Waals surface area contributed by atoms with Crippen LogP contribution in [-0.4, -0.2) is 29.9 Å². The molecule has 10 nitrogen and oxygen atoms in total. The molecule has 4 amide bonds. The second kappa shape index (κ2) is 10.3. The number of anilines is 1. The van der Waals surface area contributed by atoms with Crippen molar-refractivity contribution in [3.63, 3.8) is 0 Å². The van der Waals surface area contributed by atoms with Gasteiger partial charge < -0.3 is 9.47 Å². The van der Waals surface area contributed by atoms with Crippen LogP contribution in [0.5, 0.6) is 11.5 Å². The van der Waals surface area contributed by atoms with Crippen molar-refractivity contribution in [1.29, 1.82) is 0 Å². The summed E-state index contributed by atoms with van der Waals surface area (Å²) in [5.74, 6) is -0.804. The van der Waals surface area contributed by atoms with Crippen LogP contribution in [0.15, 0.2) is 66.2 Å². The number of nitrogens with one attached hydrogen (secondary N) is 1. The molecule has 0 aliphatic carbocycles. The summed E-state index contributed by atoms with van der Waals surface area (Å²) in [7, 11) is 1.49. The van der Waals surface area contributed by atoms with Crippen LogP contribution in [0, 0.1) is 24.0 Å². The number of amides is 4. The predicted octanol–water partition coefficient (Wildman–Crippen LogP) is 4.47. The quantitative estimate of drug-likeness (QED) is 0.219. The van der Waals surface area contributed by atoms with Gasteiger partial charge in [-0.15, -0.1) is 0 Å². The van der Waals surface area contributed by atoms with Crippen molar-refractivity contribution in [2.24, 2.45) is 0 Å². The Morgan fingerprint density at radius 3 is 2.41 bits per heavy atom. The number of rotatable bonds is 7. The fraction of sp³-hybridized carbons (Fsp3) is 0.148. The van der Waals surface area contributed by atoms with Crippen LogP contribution < -0.4 is 19.7 Å². The molecule has 3 aromatic carbocycles. The molecule has 0 spiro atoms. The number of benzene rings is 3. The molecule has 0 atom stereocenters. The van der Waals surface area contributed by atoms with Crippen molar-refractivity contribution >= 4 is 35.3 Å². The highest BCUT2D eigenvalue weighted by atomic mass is 16.6. The molecule has 1 fully saturated rings. The molecule has 37 heavy (non-hydrogen) atoms. The number of nitrogens with zero attached hydrogens (tertiary/aromatic N) is 2. The summed E-state index contributed by atoms with van der Waals surface area (Å²) < 4.78 is 11.2. The number of hydrogen-bond donors (Lipinski definition) is 1. The number of methoxy groups -OCH3 is 1. The molecular weight excluding hydrogens is 478 g/mol. The second-order valence-corrected chi connectivity index (χ2v) is 8.36. The molecule has 3 aromatic rings. The Balaban J connectivity index is 1.68. The Hall–Kier alpha value is -4.99. The van der Waals surface area contributed by atoms with E-state index in [0.717, 1.165) is 10.5 Å². The first kappa shape index (κ1) is 25.1. The number of urea groups is 1. The Morgan fingerprint density at radius 1 is 1.00 bits per heavy atom. The van der Waals surface area contributed by atoms with Crippen molar-refractivity contribution in [2.45, 2.75) is 20.5 Å². The van der Waals surface area contributed by atoms with Gasteiger partial charge in [0.25, 0.3) is 17.5 Å². The van der Waals surface area contributed by atoms with Gasteiger partial charge in [0.15, 0.2) is 0 Å². The molecule has 10 heteroatoms. The summed E-state index contributed by atoms with van der Waals surface area (Å²) in [6.07, 6.45) is 1.35. The maximum absolute atomic E-state index is 13.4. The number of carbonyl (C=O) groups is 3. The summed E-state index contributed by atoms with van der Waals surface area (Å²) in [4.78, 5) is 50.0. The highest BCUT2D eigenvalue weighted by molar-refractivity contribution is 6.39. The second-order valence-electron chi connectivity index (χ2n) is 8.36. The first-order valence-electron chi connectivity index (χ1n) is 11.2. The van der Waals surface area contributed by atoms with E-state index >= 15 is 0 Å². The summed E-state index contributed by atoms with van der Waals surface area (Å²) in [5.41, 5.74) is 2.71. The van der Waals surface area contributed by atoms with E-state index in [1.807, 2.05) is 13.0 Å². The first-order chi connectivity index (χ1) is 17.7. The largest absolute Gasteiger partial charge is 0.497 e. The van der Waals surface area contributed by atoms with Gasteiger partial charge in [-0.2, -0.15) is 0 Å². The fourth-order valence-electron chi connectivity index (χ4n) is 3.75. The molecule has 188 valence electrons. The SMILES string of the molecule is COc1ccc(/C=C2\C(=O)NC(=O)N(c3cc(C)ccc3C)C2=O)c(OCc2ccc([N+](=O)[O-])cc2)c1. The predicted molar refractivity (Wildman–Crippen MR) is 135 cm³/mol. The number of imide groups is 2. The van der Waals surface area contributed by atoms with Crippen LogP contribution >= 0.6 is 0 Å². The summed E-state index contributed by atoms with van der Waals surface area (Å²) in [6.45, 7) is 3.67.